The van der Waals surface area contributed by atoms with Gasteiger partial charge in [-0.3, -0.25) is 4.98 Å². The lowest BCUT2D eigenvalue weighted by molar-refractivity contribution is 0.00578. The van der Waals surface area contributed by atoms with Gasteiger partial charge in [0.05, 0.1) is 16.2 Å². The summed E-state index contributed by atoms with van der Waals surface area (Å²) in [6.07, 6.45) is 1.67. The van der Waals surface area contributed by atoms with E-state index in [1.54, 1.807) is 6.20 Å². The van der Waals surface area contributed by atoms with Crippen molar-refractivity contribution >= 4 is 24.2 Å². The molecule has 2 rings (SSSR count). The summed E-state index contributed by atoms with van der Waals surface area (Å²) in [4.78, 5) is 4.43. The van der Waals surface area contributed by atoms with Crippen LogP contribution >= 0.6 is 11.6 Å². The molecule has 1 aromatic heterocycles. The summed E-state index contributed by atoms with van der Waals surface area (Å²) < 4.78 is 12.2. The van der Waals surface area contributed by atoms with Crippen LogP contribution in [0.5, 0.6) is 0 Å². The predicted molar refractivity (Wildman–Crippen MR) is 79.1 cm³/mol. The fraction of sp³-hybridized carbons (Fsp3) is 0.643. The maximum Gasteiger partial charge on any atom is 0.496 e. The molecule has 2 heterocycles. The normalized spacial score (nSPS) is 21.2. The molecule has 0 atom stereocenters. The van der Waals surface area contributed by atoms with Gasteiger partial charge >= 0.3 is 7.12 Å². The lowest BCUT2D eigenvalue weighted by atomic mass is 9.76. The van der Waals surface area contributed by atoms with E-state index in [1.165, 1.54) is 0 Å². The first kappa shape index (κ1) is 14.8. The van der Waals surface area contributed by atoms with Gasteiger partial charge in [-0.05, 0) is 39.7 Å². The van der Waals surface area contributed by atoms with Crippen LogP contribution in [-0.2, 0) is 9.31 Å². The molecule has 0 aromatic carbocycles. The molecule has 104 valence electrons. The average molecular weight is 282 g/mol. The Bertz CT molecular complexity index is 472. The summed E-state index contributed by atoms with van der Waals surface area (Å²) in [6.45, 7) is 12.4. The molecule has 1 aromatic rings. The van der Waals surface area contributed by atoms with Crippen molar-refractivity contribution in [3.63, 3.8) is 0 Å². The standard InChI is InChI=1S/C14H21BClNO2/c1-9(2)12-11(7-10(16)8-17-12)15-18-13(3,4)14(5,6)19-15/h7-9H,1-6H3. The molecule has 0 amide bonds. The van der Waals surface area contributed by atoms with Gasteiger partial charge in [-0.15, -0.1) is 0 Å². The van der Waals surface area contributed by atoms with Crippen molar-refractivity contribution in [1.29, 1.82) is 0 Å². The Kier molecular flexibility index (Phi) is 3.71. The van der Waals surface area contributed by atoms with Crippen molar-refractivity contribution in [2.45, 2.75) is 58.7 Å². The van der Waals surface area contributed by atoms with Gasteiger partial charge in [-0.25, -0.2) is 0 Å². The highest BCUT2D eigenvalue weighted by Gasteiger charge is 2.52. The third-order valence-electron chi connectivity index (χ3n) is 3.97. The summed E-state index contributed by atoms with van der Waals surface area (Å²) >= 11 is 6.07. The number of halogens is 1. The second kappa shape index (κ2) is 4.76. The van der Waals surface area contributed by atoms with E-state index in [2.05, 4.69) is 18.8 Å². The highest BCUT2D eigenvalue weighted by molar-refractivity contribution is 6.62. The number of pyridine rings is 1. The van der Waals surface area contributed by atoms with Gasteiger partial charge in [0.1, 0.15) is 0 Å². The van der Waals surface area contributed by atoms with Crippen LogP contribution < -0.4 is 5.46 Å². The predicted octanol–water partition coefficient (Wildman–Crippen LogP) is 3.16. The molecule has 0 spiro atoms. The van der Waals surface area contributed by atoms with Crippen LogP contribution in [0.4, 0.5) is 0 Å². The Balaban J connectivity index is 2.41. The third kappa shape index (κ3) is 2.67. The monoisotopic (exact) mass is 281 g/mol. The molecule has 0 bridgehead atoms. The zero-order valence-corrected chi connectivity index (χ0v) is 13.2. The highest BCUT2D eigenvalue weighted by atomic mass is 35.5. The molecule has 5 heteroatoms. The van der Waals surface area contributed by atoms with Gasteiger partial charge in [0.25, 0.3) is 0 Å². The molecular formula is C14H21BClNO2. The molecule has 0 aliphatic carbocycles. The van der Waals surface area contributed by atoms with E-state index in [1.807, 2.05) is 33.8 Å². The maximum atomic E-state index is 6.08. The van der Waals surface area contributed by atoms with Crippen molar-refractivity contribution in [1.82, 2.24) is 4.98 Å². The topological polar surface area (TPSA) is 31.4 Å². The fourth-order valence-corrected chi connectivity index (χ4v) is 2.27. The van der Waals surface area contributed by atoms with E-state index in [4.69, 9.17) is 20.9 Å². The van der Waals surface area contributed by atoms with E-state index in [9.17, 15) is 0 Å². The summed E-state index contributed by atoms with van der Waals surface area (Å²) in [5, 5.41) is 0.606. The molecule has 19 heavy (non-hydrogen) atoms. The van der Waals surface area contributed by atoms with E-state index in [0.29, 0.717) is 10.9 Å². The summed E-state index contributed by atoms with van der Waals surface area (Å²) in [6, 6.07) is 1.89. The van der Waals surface area contributed by atoms with Gasteiger partial charge in [-0.1, -0.05) is 25.4 Å². The minimum atomic E-state index is -0.409. The second-order valence-corrected chi connectivity index (χ2v) is 6.81. The Morgan fingerprint density at radius 2 is 1.68 bits per heavy atom. The first-order chi connectivity index (χ1) is 8.64. The van der Waals surface area contributed by atoms with Crippen molar-refractivity contribution in [3.05, 3.63) is 23.0 Å². The van der Waals surface area contributed by atoms with Crippen LogP contribution in [-0.4, -0.2) is 23.3 Å². The Morgan fingerprint density at radius 3 is 2.16 bits per heavy atom. The molecular weight excluding hydrogens is 260 g/mol. The van der Waals surface area contributed by atoms with Crippen LogP contribution in [0.25, 0.3) is 0 Å². The van der Waals surface area contributed by atoms with E-state index in [0.717, 1.165) is 11.2 Å². The molecule has 0 radical (unpaired) electrons. The van der Waals surface area contributed by atoms with Crippen molar-refractivity contribution in [2.75, 3.05) is 0 Å². The fourth-order valence-electron chi connectivity index (χ4n) is 2.11. The van der Waals surface area contributed by atoms with Gasteiger partial charge in [0.2, 0.25) is 0 Å². The first-order valence-electron chi connectivity index (χ1n) is 6.65. The minimum Gasteiger partial charge on any atom is -0.399 e. The van der Waals surface area contributed by atoms with Gasteiger partial charge in [0, 0.05) is 17.4 Å². The SMILES string of the molecule is CC(C)c1ncc(Cl)cc1B1OC(C)(C)C(C)(C)O1. The molecule has 0 unspecified atom stereocenters. The summed E-state index contributed by atoms with van der Waals surface area (Å²) in [5.74, 6) is 0.297. The minimum absolute atomic E-state index is 0.297. The number of hydrogen-bond acceptors (Lipinski definition) is 3. The molecule has 1 aliphatic rings. The molecule has 1 fully saturated rings. The number of hydrogen-bond donors (Lipinski definition) is 0. The Hall–Kier alpha value is -0.575. The van der Waals surface area contributed by atoms with E-state index in [-0.39, 0.29) is 11.2 Å². The van der Waals surface area contributed by atoms with Crippen LogP contribution in [0.1, 0.15) is 53.2 Å². The summed E-state index contributed by atoms with van der Waals surface area (Å²) in [7, 11) is -0.409. The molecule has 0 saturated carbocycles. The van der Waals surface area contributed by atoms with Crippen molar-refractivity contribution in [3.8, 4) is 0 Å². The van der Waals surface area contributed by atoms with Crippen LogP contribution in [0.2, 0.25) is 5.02 Å². The number of rotatable bonds is 2. The zero-order chi connectivity index (χ0) is 14.4. The lowest BCUT2D eigenvalue weighted by Gasteiger charge is -2.32. The summed E-state index contributed by atoms with van der Waals surface area (Å²) in [5.41, 5.74) is 1.20. The largest absolute Gasteiger partial charge is 0.496 e. The average Bonchev–Trinajstić information content (AvgIpc) is 2.47. The van der Waals surface area contributed by atoms with E-state index < -0.39 is 7.12 Å². The van der Waals surface area contributed by atoms with Gasteiger partial charge in [-0.2, -0.15) is 0 Å². The van der Waals surface area contributed by atoms with E-state index >= 15 is 0 Å². The number of nitrogens with zero attached hydrogens (tertiary/aromatic N) is 1. The number of aromatic nitrogens is 1. The van der Waals surface area contributed by atoms with Crippen molar-refractivity contribution < 1.29 is 9.31 Å². The molecule has 1 saturated heterocycles. The Labute approximate surface area is 120 Å². The molecule has 1 aliphatic heterocycles. The Morgan fingerprint density at radius 1 is 1.16 bits per heavy atom. The smallest absolute Gasteiger partial charge is 0.399 e. The van der Waals surface area contributed by atoms with Crippen molar-refractivity contribution in [2.24, 2.45) is 0 Å². The van der Waals surface area contributed by atoms with Crippen LogP contribution in [0.3, 0.4) is 0 Å². The quantitative estimate of drug-likeness (QED) is 0.780. The van der Waals surface area contributed by atoms with Crippen LogP contribution in [0.15, 0.2) is 12.3 Å². The third-order valence-corrected chi connectivity index (χ3v) is 4.18. The molecule has 0 N–H and O–H groups in total. The molecule has 3 nitrogen and oxygen atoms in total. The lowest BCUT2D eigenvalue weighted by Crippen LogP contribution is -2.41. The zero-order valence-electron chi connectivity index (χ0n) is 12.5. The highest BCUT2D eigenvalue weighted by Crippen LogP contribution is 2.37. The van der Waals surface area contributed by atoms with Crippen LogP contribution in [0, 0.1) is 0 Å². The van der Waals surface area contributed by atoms with Gasteiger partial charge in [0.15, 0.2) is 0 Å². The maximum absolute atomic E-state index is 6.08. The van der Waals surface area contributed by atoms with Gasteiger partial charge < -0.3 is 9.31 Å². The first-order valence-corrected chi connectivity index (χ1v) is 7.03. The second-order valence-electron chi connectivity index (χ2n) is 6.37.